The van der Waals surface area contributed by atoms with Gasteiger partial charge in [-0.05, 0) is 24.6 Å². The Labute approximate surface area is 103 Å². The zero-order valence-corrected chi connectivity index (χ0v) is 10.4. The second-order valence-corrected chi connectivity index (χ2v) is 5.56. The third-order valence-corrected chi connectivity index (χ3v) is 3.67. The van der Waals surface area contributed by atoms with Crippen LogP contribution < -0.4 is 10.5 Å². The molecule has 0 spiro atoms. The molecule has 0 unspecified atom stereocenters. The minimum absolute atomic E-state index is 0.265. The van der Waals surface area contributed by atoms with Crippen LogP contribution >= 0.6 is 0 Å². The lowest BCUT2D eigenvalue weighted by Crippen LogP contribution is -2.41. The molecule has 0 fully saturated rings. The van der Waals surface area contributed by atoms with E-state index in [2.05, 4.69) is 0 Å². The van der Waals surface area contributed by atoms with E-state index >= 15 is 0 Å². The van der Waals surface area contributed by atoms with Gasteiger partial charge in [0.25, 0.3) is 5.92 Å². The summed E-state index contributed by atoms with van der Waals surface area (Å²) in [5, 5.41) is 0. The number of alkyl halides is 2. The molecule has 0 heterocycles. The minimum Gasteiger partial charge on any atom is -0.325 e. The molecule has 0 atom stereocenters. The average Bonchev–Trinajstić information content (AvgIpc) is 2.30. The molecule has 0 bridgehead atoms. The zero-order valence-electron chi connectivity index (χ0n) is 9.58. The van der Waals surface area contributed by atoms with Crippen molar-refractivity contribution in [1.29, 1.82) is 0 Å². The van der Waals surface area contributed by atoms with Crippen molar-refractivity contribution in [3.63, 3.8) is 0 Å². The SMILES string of the molecule is Cc1ccc(S(=O)(=O)NCC(F)(F)CN)cc1F. The van der Waals surface area contributed by atoms with Gasteiger partial charge in [0.05, 0.1) is 18.0 Å². The molecule has 1 aromatic carbocycles. The molecule has 3 N–H and O–H groups in total. The predicted molar refractivity (Wildman–Crippen MR) is 60.3 cm³/mol. The Balaban J connectivity index is 2.90. The molecule has 8 heteroatoms. The predicted octanol–water partition coefficient (Wildman–Crippen LogP) is 1.01. The molecule has 0 aliphatic heterocycles. The lowest BCUT2D eigenvalue weighted by atomic mass is 10.2. The Morgan fingerprint density at radius 3 is 2.50 bits per heavy atom. The highest BCUT2D eigenvalue weighted by atomic mass is 32.2. The first-order valence-corrected chi connectivity index (χ1v) is 6.50. The number of sulfonamides is 1. The zero-order chi connectivity index (χ0) is 14.0. The smallest absolute Gasteiger partial charge is 0.273 e. The van der Waals surface area contributed by atoms with Gasteiger partial charge in [-0.1, -0.05) is 6.07 Å². The van der Waals surface area contributed by atoms with Crippen LogP contribution in [0.5, 0.6) is 0 Å². The highest BCUT2D eigenvalue weighted by Gasteiger charge is 2.29. The number of rotatable bonds is 5. The monoisotopic (exact) mass is 282 g/mol. The van der Waals surface area contributed by atoms with Crippen LogP contribution in [0.4, 0.5) is 13.2 Å². The Morgan fingerprint density at radius 2 is 2.00 bits per heavy atom. The Kier molecular flexibility index (Phi) is 4.36. The van der Waals surface area contributed by atoms with Gasteiger partial charge in [-0.15, -0.1) is 0 Å². The van der Waals surface area contributed by atoms with E-state index in [1.165, 1.54) is 13.0 Å². The summed E-state index contributed by atoms with van der Waals surface area (Å²) in [7, 11) is -4.17. The molecular weight excluding hydrogens is 269 g/mol. The molecule has 18 heavy (non-hydrogen) atoms. The molecule has 1 aromatic rings. The fourth-order valence-corrected chi connectivity index (χ4v) is 2.17. The van der Waals surface area contributed by atoms with Crippen LogP contribution in [0.25, 0.3) is 0 Å². The van der Waals surface area contributed by atoms with E-state index in [1.54, 1.807) is 4.72 Å². The number of hydrogen-bond donors (Lipinski definition) is 2. The van der Waals surface area contributed by atoms with Crippen LogP contribution in [0.2, 0.25) is 0 Å². The molecule has 1 rings (SSSR count). The van der Waals surface area contributed by atoms with E-state index in [4.69, 9.17) is 5.73 Å². The van der Waals surface area contributed by atoms with Gasteiger partial charge in [-0.2, -0.15) is 0 Å². The van der Waals surface area contributed by atoms with Crippen LogP contribution in [0.15, 0.2) is 23.1 Å². The normalized spacial score (nSPS) is 12.7. The van der Waals surface area contributed by atoms with Gasteiger partial charge in [0.2, 0.25) is 10.0 Å². The molecule has 0 aliphatic carbocycles. The number of nitrogens with two attached hydrogens (primary N) is 1. The molecule has 0 amide bonds. The highest BCUT2D eigenvalue weighted by molar-refractivity contribution is 7.89. The van der Waals surface area contributed by atoms with Crippen molar-refractivity contribution < 1.29 is 21.6 Å². The summed E-state index contributed by atoms with van der Waals surface area (Å²) >= 11 is 0. The molecule has 102 valence electrons. The topological polar surface area (TPSA) is 72.2 Å². The van der Waals surface area contributed by atoms with Crippen molar-refractivity contribution in [3.8, 4) is 0 Å². The first kappa shape index (κ1) is 14.9. The van der Waals surface area contributed by atoms with Gasteiger partial charge in [-0.3, -0.25) is 0 Å². The summed E-state index contributed by atoms with van der Waals surface area (Å²) in [6.07, 6.45) is 0. The van der Waals surface area contributed by atoms with Gasteiger partial charge < -0.3 is 5.73 Å². The number of hydrogen-bond acceptors (Lipinski definition) is 3. The lowest BCUT2D eigenvalue weighted by molar-refractivity contribution is 0.0170. The van der Waals surface area contributed by atoms with Crippen molar-refractivity contribution in [3.05, 3.63) is 29.6 Å². The van der Waals surface area contributed by atoms with E-state index in [-0.39, 0.29) is 5.56 Å². The summed E-state index contributed by atoms with van der Waals surface area (Å²) in [4.78, 5) is -0.404. The Morgan fingerprint density at radius 1 is 1.39 bits per heavy atom. The minimum atomic E-state index is -4.17. The fourth-order valence-electron chi connectivity index (χ4n) is 1.10. The summed E-state index contributed by atoms with van der Waals surface area (Å²) in [5.74, 6) is -4.06. The quantitative estimate of drug-likeness (QED) is 0.846. The molecule has 0 aromatic heterocycles. The van der Waals surface area contributed by atoms with Gasteiger partial charge in [0.15, 0.2) is 0 Å². The molecule has 0 saturated carbocycles. The summed E-state index contributed by atoms with van der Waals surface area (Å²) in [6.45, 7) is -0.638. The number of halogens is 3. The standard InChI is InChI=1S/C10H13F3N2O2S/c1-7-2-3-8(4-9(7)11)18(16,17)15-6-10(12,13)5-14/h2-4,15H,5-6,14H2,1H3. The maximum atomic E-state index is 13.2. The third kappa shape index (κ3) is 3.69. The largest absolute Gasteiger partial charge is 0.325 e. The van der Waals surface area contributed by atoms with Crippen LogP contribution in [0.3, 0.4) is 0 Å². The average molecular weight is 282 g/mol. The summed E-state index contributed by atoms with van der Waals surface area (Å²) < 4.78 is 63.7. The first-order valence-electron chi connectivity index (χ1n) is 5.02. The van der Waals surface area contributed by atoms with Crippen LogP contribution in [0.1, 0.15) is 5.56 Å². The number of aryl methyl sites for hydroxylation is 1. The maximum Gasteiger partial charge on any atom is 0.273 e. The van der Waals surface area contributed by atoms with E-state index in [0.717, 1.165) is 12.1 Å². The fraction of sp³-hybridized carbons (Fsp3) is 0.400. The van der Waals surface area contributed by atoms with Gasteiger partial charge in [0.1, 0.15) is 5.82 Å². The number of nitrogens with one attached hydrogen (secondary N) is 1. The maximum absolute atomic E-state index is 13.2. The van der Waals surface area contributed by atoms with E-state index in [0.29, 0.717) is 0 Å². The van der Waals surface area contributed by atoms with Crippen molar-refractivity contribution in [2.75, 3.05) is 13.1 Å². The van der Waals surface area contributed by atoms with Crippen molar-refractivity contribution in [1.82, 2.24) is 4.72 Å². The van der Waals surface area contributed by atoms with Crippen LogP contribution in [-0.4, -0.2) is 27.4 Å². The molecule has 0 saturated heterocycles. The van der Waals surface area contributed by atoms with E-state index in [9.17, 15) is 21.6 Å². The first-order chi connectivity index (χ1) is 8.18. The van der Waals surface area contributed by atoms with Crippen LogP contribution in [0, 0.1) is 12.7 Å². The van der Waals surface area contributed by atoms with Gasteiger partial charge in [0, 0.05) is 0 Å². The molecule has 0 aliphatic rings. The third-order valence-electron chi connectivity index (χ3n) is 2.27. The van der Waals surface area contributed by atoms with E-state index in [1.807, 2.05) is 0 Å². The summed E-state index contributed by atoms with van der Waals surface area (Å²) in [6, 6.07) is 3.17. The van der Waals surface area contributed by atoms with Crippen molar-refractivity contribution in [2.24, 2.45) is 5.73 Å². The highest BCUT2D eigenvalue weighted by Crippen LogP contribution is 2.15. The van der Waals surface area contributed by atoms with Crippen molar-refractivity contribution in [2.45, 2.75) is 17.7 Å². The van der Waals surface area contributed by atoms with Crippen LogP contribution in [-0.2, 0) is 10.0 Å². The Hall–Kier alpha value is -1.12. The van der Waals surface area contributed by atoms with Gasteiger partial charge in [-0.25, -0.2) is 26.3 Å². The molecular formula is C10H13F3N2O2S. The second kappa shape index (κ2) is 5.25. The summed E-state index contributed by atoms with van der Waals surface area (Å²) in [5.41, 5.74) is 5.04. The number of benzene rings is 1. The molecule has 4 nitrogen and oxygen atoms in total. The van der Waals surface area contributed by atoms with Crippen molar-refractivity contribution >= 4 is 10.0 Å². The lowest BCUT2D eigenvalue weighted by Gasteiger charge is -2.14. The second-order valence-electron chi connectivity index (χ2n) is 3.80. The van der Waals surface area contributed by atoms with E-state index < -0.39 is 39.7 Å². The molecule has 0 radical (unpaired) electrons. The van der Waals surface area contributed by atoms with Gasteiger partial charge >= 0.3 is 0 Å². The Bertz CT molecular complexity index is 532.